The molecule has 0 atom stereocenters. The van der Waals surface area contributed by atoms with Gasteiger partial charge in [0, 0.05) is 203 Å². The summed E-state index contributed by atoms with van der Waals surface area (Å²) in [5.41, 5.74) is 0. The summed E-state index contributed by atoms with van der Waals surface area (Å²) in [5, 5.41) is 0. The van der Waals surface area contributed by atoms with E-state index >= 15 is 0 Å². The van der Waals surface area contributed by atoms with Gasteiger partial charge in [-0.3, -0.25) is 0 Å². The van der Waals surface area contributed by atoms with Gasteiger partial charge in [0.2, 0.25) is 0 Å². The molecule has 0 amide bonds. The molecule has 0 aromatic rings. The third-order valence-corrected chi connectivity index (χ3v) is 0. The summed E-state index contributed by atoms with van der Waals surface area (Å²) in [6.45, 7) is 0. The average Bonchev–Trinajstić information content (AvgIpc) is 0. The molecule has 0 N–H and O–H groups in total. The first-order chi connectivity index (χ1) is 0. The van der Waals surface area contributed by atoms with Crippen molar-refractivity contribution in [3.05, 3.63) is 0 Å². The Labute approximate surface area is 197 Å². The molecule has 7 heteroatoms. The standard InChI is InChI=1S/2Hg.5Na. The minimum absolute atomic E-state index is 0. The van der Waals surface area contributed by atoms with Crippen LogP contribution in [0, 0.1) is 0 Å². The molecule has 0 heterocycles. The van der Waals surface area contributed by atoms with Gasteiger partial charge in [0.05, 0.1) is 0 Å². The van der Waals surface area contributed by atoms with Crippen LogP contribution in [0.25, 0.3) is 0 Å². The van der Waals surface area contributed by atoms with Crippen molar-refractivity contribution in [3.63, 3.8) is 0 Å². The minimum atomic E-state index is 0. The Morgan fingerprint density at radius 1 is 0.286 bits per heavy atom. The van der Waals surface area contributed by atoms with Crippen molar-refractivity contribution >= 4 is 148 Å². The summed E-state index contributed by atoms with van der Waals surface area (Å²) in [6, 6.07) is 0. The third-order valence-electron chi connectivity index (χ3n) is 0. The first-order valence-electron chi connectivity index (χ1n) is 0. The molecule has 0 unspecified atom stereocenters. The number of hydrogen-bond donors (Lipinski definition) is 0. The van der Waals surface area contributed by atoms with Crippen LogP contribution < -0.4 is 0 Å². The second-order valence-corrected chi connectivity index (χ2v) is 0. The zero-order chi connectivity index (χ0) is 0. The van der Waals surface area contributed by atoms with E-state index in [1.54, 1.807) is 0 Å². The van der Waals surface area contributed by atoms with Gasteiger partial charge in [-0.15, -0.1) is 0 Å². The molecule has 0 aliphatic carbocycles. The molecule has 0 nitrogen and oxygen atoms in total. The van der Waals surface area contributed by atoms with Crippen molar-refractivity contribution in [2.24, 2.45) is 0 Å². The van der Waals surface area contributed by atoms with Crippen molar-refractivity contribution in [1.29, 1.82) is 0 Å². The molecule has 5 radical (unpaired) electrons. The van der Waals surface area contributed by atoms with Gasteiger partial charge in [0.15, 0.2) is 0 Å². The van der Waals surface area contributed by atoms with E-state index in [1.165, 1.54) is 0 Å². The topological polar surface area (TPSA) is 0 Å². The van der Waals surface area contributed by atoms with Crippen LogP contribution in [0.5, 0.6) is 0 Å². The van der Waals surface area contributed by atoms with E-state index in [1.807, 2.05) is 0 Å². The van der Waals surface area contributed by atoms with Crippen molar-refractivity contribution in [1.82, 2.24) is 0 Å². The van der Waals surface area contributed by atoms with Crippen LogP contribution in [-0.2, 0) is 55.3 Å². The van der Waals surface area contributed by atoms with Crippen molar-refractivity contribution in [2.45, 2.75) is 0 Å². The summed E-state index contributed by atoms with van der Waals surface area (Å²) < 4.78 is 0. The maximum absolute atomic E-state index is 0. The average molecular weight is 516 g/mol. The monoisotopic (exact) mass is 519 g/mol. The fraction of sp³-hybridized carbons (Fsp3) is 0. The van der Waals surface area contributed by atoms with Crippen LogP contribution in [0.2, 0.25) is 0 Å². The second kappa shape index (κ2) is 38.4. The normalized spacial score (nSPS) is 0. The van der Waals surface area contributed by atoms with Gasteiger partial charge >= 0.3 is 0 Å². The van der Waals surface area contributed by atoms with Crippen LogP contribution in [0.4, 0.5) is 0 Å². The molecule has 0 spiro atoms. The molecule has 0 bridgehead atoms. The summed E-state index contributed by atoms with van der Waals surface area (Å²) in [5.74, 6) is 0. The Balaban J connectivity index is 0. The van der Waals surface area contributed by atoms with Crippen LogP contribution in [0.3, 0.4) is 0 Å². The van der Waals surface area contributed by atoms with Gasteiger partial charge in [-0.05, 0) is 0 Å². The fourth-order valence-electron chi connectivity index (χ4n) is 0. The molecule has 0 fully saturated rings. The molecular formula is Hg2Na5. The fourth-order valence-corrected chi connectivity index (χ4v) is 0. The van der Waals surface area contributed by atoms with Crippen molar-refractivity contribution in [3.8, 4) is 0 Å². The van der Waals surface area contributed by atoms with Gasteiger partial charge in [0.1, 0.15) is 0 Å². The molecule has 0 rings (SSSR count). The van der Waals surface area contributed by atoms with Crippen LogP contribution >= 0.6 is 0 Å². The van der Waals surface area contributed by atoms with Crippen LogP contribution in [0.15, 0.2) is 0 Å². The Kier molecular flexibility index (Phi) is 267. The number of rotatable bonds is 0. The second-order valence-electron chi connectivity index (χ2n) is 0. The summed E-state index contributed by atoms with van der Waals surface area (Å²) in [6.07, 6.45) is 0. The zero-order valence-electron chi connectivity index (χ0n) is 6.41. The van der Waals surface area contributed by atoms with Crippen LogP contribution in [0.1, 0.15) is 0 Å². The predicted octanol–water partition coefficient (Wildman–Crippen LogP) is -1.91. The summed E-state index contributed by atoms with van der Waals surface area (Å²) >= 11 is 0. The van der Waals surface area contributed by atoms with Crippen molar-refractivity contribution < 1.29 is 55.3 Å². The van der Waals surface area contributed by atoms with E-state index in [0.29, 0.717) is 0 Å². The Bertz CT molecular complexity index is 6.04. The van der Waals surface area contributed by atoms with Gasteiger partial charge in [0.25, 0.3) is 0 Å². The molecule has 0 aliphatic rings. The van der Waals surface area contributed by atoms with Gasteiger partial charge in [-0.25, -0.2) is 0 Å². The van der Waals surface area contributed by atoms with Crippen LogP contribution in [-0.4, -0.2) is 148 Å². The molecule has 0 aromatic heterocycles. The summed E-state index contributed by atoms with van der Waals surface area (Å²) in [4.78, 5) is 0. The van der Waals surface area contributed by atoms with E-state index < -0.39 is 0 Å². The largest absolute Gasteiger partial charge is 0 e. The predicted molar refractivity (Wildman–Crippen MR) is 28.8 cm³/mol. The van der Waals surface area contributed by atoms with Gasteiger partial charge in [-0.2, -0.15) is 0 Å². The van der Waals surface area contributed by atoms with E-state index in [-0.39, 0.29) is 203 Å². The smallest absolute Gasteiger partial charge is 0 e. The Morgan fingerprint density at radius 2 is 0.286 bits per heavy atom. The first-order valence-corrected chi connectivity index (χ1v) is 0. The molecule has 9 valence electrons. The third kappa shape index (κ3) is 32.2. The maximum atomic E-state index is 0. The quantitative estimate of drug-likeness (QED) is 0.330. The molecule has 0 aliphatic heterocycles. The molecule has 0 aromatic carbocycles. The molecule has 7 heavy (non-hydrogen) atoms. The van der Waals surface area contributed by atoms with E-state index in [0.717, 1.165) is 0 Å². The van der Waals surface area contributed by atoms with Gasteiger partial charge in [-0.1, -0.05) is 0 Å². The molecule has 0 saturated heterocycles. The minimum Gasteiger partial charge on any atom is 0 e. The number of hydrogen-bond acceptors (Lipinski definition) is 0. The summed E-state index contributed by atoms with van der Waals surface area (Å²) in [7, 11) is 0. The SMILES string of the molecule is [Hg].[Hg].[Na].[Na].[Na].[Na].[Na]. The van der Waals surface area contributed by atoms with E-state index in [2.05, 4.69) is 0 Å². The molecular weight excluding hydrogens is 516 g/mol. The first kappa shape index (κ1) is 48.7. The van der Waals surface area contributed by atoms with Gasteiger partial charge < -0.3 is 0 Å². The Morgan fingerprint density at radius 3 is 0.286 bits per heavy atom. The van der Waals surface area contributed by atoms with E-state index in [9.17, 15) is 0 Å². The Hall–Kier alpha value is 6.87. The van der Waals surface area contributed by atoms with E-state index in [4.69, 9.17) is 0 Å². The van der Waals surface area contributed by atoms with Crippen molar-refractivity contribution in [2.75, 3.05) is 0 Å². The molecule has 0 saturated carbocycles. The maximum Gasteiger partial charge on any atom is 0 e. The zero-order valence-corrected chi connectivity index (χ0v) is 27.4.